The third-order valence-corrected chi connectivity index (χ3v) is 10.6. The minimum absolute atomic E-state index is 0.957. The van der Waals surface area contributed by atoms with E-state index in [1.54, 1.807) is 0 Å². The Balaban J connectivity index is 1.16. The van der Waals surface area contributed by atoms with E-state index in [0.29, 0.717) is 0 Å². The third-order valence-electron chi connectivity index (χ3n) is 9.44. The fraction of sp³-hybridized carbons (Fsp3) is 0. The van der Waals surface area contributed by atoms with Gasteiger partial charge in [-0.15, -0.1) is 11.3 Å². The lowest BCUT2D eigenvalue weighted by atomic mass is 9.98. The van der Waals surface area contributed by atoms with E-state index in [2.05, 4.69) is 169 Å². The summed E-state index contributed by atoms with van der Waals surface area (Å²) in [5.41, 5.74) is 7.71. The first kappa shape index (κ1) is 26.3. The molecule has 2 aromatic heterocycles. The van der Waals surface area contributed by atoms with Crippen LogP contribution in [0.5, 0.6) is 0 Å². The molecule has 220 valence electrons. The lowest BCUT2D eigenvalue weighted by Crippen LogP contribution is -2.09. The highest BCUT2D eigenvalue weighted by atomic mass is 32.1. The van der Waals surface area contributed by atoms with Crippen LogP contribution in [0.25, 0.3) is 74.8 Å². The smallest absolute Gasteiger partial charge is 0.144 e. The number of hydrogen-bond donors (Lipinski definition) is 0. The first-order valence-electron chi connectivity index (χ1n) is 15.9. The van der Waals surface area contributed by atoms with Crippen LogP contribution in [0.2, 0.25) is 0 Å². The molecule has 2 nitrogen and oxygen atoms in total. The Morgan fingerprint density at radius 3 is 1.89 bits per heavy atom. The van der Waals surface area contributed by atoms with Gasteiger partial charge in [-0.3, -0.25) is 0 Å². The Morgan fingerprint density at radius 1 is 0.404 bits per heavy atom. The average molecular weight is 618 g/mol. The summed E-state index contributed by atoms with van der Waals surface area (Å²) in [6, 6.07) is 58.9. The summed E-state index contributed by atoms with van der Waals surface area (Å²) in [6.45, 7) is 0. The number of fused-ring (bicyclic) bond motifs is 10. The zero-order valence-corrected chi connectivity index (χ0v) is 26.2. The molecule has 0 fully saturated rings. The van der Waals surface area contributed by atoms with E-state index in [1.807, 2.05) is 11.3 Å². The first-order chi connectivity index (χ1) is 23.3. The monoisotopic (exact) mass is 617 g/mol. The van der Waals surface area contributed by atoms with Gasteiger partial charge in [-0.05, 0) is 87.9 Å². The predicted octanol–water partition coefficient (Wildman–Crippen LogP) is 13.4. The van der Waals surface area contributed by atoms with Gasteiger partial charge in [-0.1, -0.05) is 103 Å². The number of anilines is 3. The fourth-order valence-corrected chi connectivity index (χ4v) is 8.33. The Bertz CT molecular complexity index is 2790. The molecule has 3 heteroatoms. The minimum Gasteiger partial charge on any atom is -0.455 e. The number of rotatable bonds is 4. The highest BCUT2D eigenvalue weighted by Gasteiger charge is 2.19. The van der Waals surface area contributed by atoms with Crippen molar-refractivity contribution in [2.24, 2.45) is 0 Å². The molecule has 0 aliphatic carbocycles. The number of nitrogens with zero attached hydrogens (tertiary/aromatic N) is 1. The first-order valence-corrected chi connectivity index (χ1v) is 16.7. The zero-order valence-electron chi connectivity index (χ0n) is 25.4. The second-order valence-electron chi connectivity index (χ2n) is 12.1. The van der Waals surface area contributed by atoms with Crippen molar-refractivity contribution in [3.05, 3.63) is 164 Å². The summed E-state index contributed by atoms with van der Waals surface area (Å²) in [5, 5.41) is 9.58. The summed E-state index contributed by atoms with van der Waals surface area (Å²) in [7, 11) is 0. The zero-order chi connectivity index (χ0) is 30.9. The molecule has 2 heterocycles. The fourth-order valence-electron chi connectivity index (χ4n) is 7.24. The molecule has 0 spiro atoms. The normalized spacial score (nSPS) is 11.8. The van der Waals surface area contributed by atoms with Crippen molar-refractivity contribution < 1.29 is 4.42 Å². The van der Waals surface area contributed by atoms with Crippen molar-refractivity contribution in [3.63, 3.8) is 0 Å². The van der Waals surface area contributed by atoms with Gasteiger partial charge in [-0.2, -0.15) is 0 Å². The molecule has 0 aliphatic rings. The third kappa shape index (κ3) is 4.10. The molecule has 0 saturated carbocycles. The number of benzene rings is 8. The van der Waals surface area contributed by atoms with E-state index in [1.165, 1.54) is 47.5 Å². The van der Waals surface area contributed by atoms with Gasteiger partial charge >= 0.3 is 0 Å². The number of thiophene rings is 1. The largest absolute Gasteiger partial charge is 0.455 e. The summed E-state index contributed by atoms with van der Waals surface area (Å²) in [4.78, 5) is 2.35. The molecule has 8 aromatic carbocycles. The Labute approximate surface area is 275 Å². The van der Waals surface area contributed by atoms with E-state index < -0.39 is 0 Å². The predicted molar refractivity (Wildman–Crippen MR) is 202 cm³/mol. The second kappa shape index (κ2) is 10.3. The molecule has 10 rings (SSSR count). The number of hydrogen-bond acceptors (Lipinski definition) is 3. The molecule has 0 aliphatic heterocycles. The van der Waals surface area contributed by atoms with Crippen LogP contribution in [0.1, 0.15) is 0 Å². The number of para-hydroxylation sites is 1. The van der Waals surface area contributed by atoms with Gasteiger partial charge in [0.1, 0.15) is 11.2 Å². The summed E-state index contributed by atoms with van der Waals surface area (Å²) < 4.78 is 9.28. The van der Waals surface area contributed by atoms with Crippen molar-refractivity contribution in [2.45, 2.75) is 0 Å². The highest BCUT2D eigenvalue weighted by molar-refractivity contribution is 7.26. The summed E-state index contributed by atoms with van der Waals surface area (Å²) in [6.07, 6.45) is 0. The molecular formula is C44H27NOS. The molecule has 0 amide bonds. The lowest BCUT2D eigenvalue weighted by molar-refractivity contribution is 0.677. The SMILES string of the molecule is c1ccc(N(c2ccc(-c3cccc4ccccc34)cc2)c2ccc3sc4ccc5c6ccc7ccccc7c6oc5c4c3c2)cc1. The van der Waals surface area contributed by atoms with Crippen LogP contribution in [0, 0.1) is 0 Å². The van der Waals surface area contributed by atoms with E-state index in [0.717, 1.165) is 44.4 Å². The van der Waals surface area contributed by atoms with Crippen LogP contribution in [0.15, 0.2) is 168 Å². The molecule has 0 saturated heterocycles. The molecule has 0 bridgehead atoms. The summed E-state index contributed by atoms with van der Waals surface area (Å²) >= 11 is 1.82. The van der Waals surface area contributed by atoms with Gasteiger partial charge in [0.05, 0.1) is 0 Å². The van der Waals surface area contributed by atoms with Crippen molar-refractivity contribution in [3.8, 4) is 11.1 Å². The molecule has 47 heavy (non-hydrogen) atoms. The average Bonchev–Trinajstić information content (AvgIpc) is 3.71. The van der Waals surface area contributed by atoms with Crippen molar-refractivity contribution in [1.82, 2.24) is 0 Å². The maximum Gasteiger partial charge on any atom is 0.144 e. The maximum absolute atomic E-state index is 6.79. The molecule has 10 aromatic rings. The molecular weight excluding hydrogens is 591 g/mol. The van der Waals surface area contributed by atoms with Crippen molar-refractivity contribution >= 4 is 92.1 Å². The molecule has 0 radical (unpaired) electrons. The van der Waals surface area contributed by atoms with Crippen LogP contribution < -0.4 is 4.90 Å². The van der Waals surface area contributed by atoms with Gasteiger partial charge in [-0.25, -0.2) is 0 Å². The standard InChI is InChI=1S/C44H27NOS/c1-2-12-31(13-3-1)45(32-20-17-30(18-21-32)35-16-8-11-28-9-4-6-14-34(28)35)33-22-25-40-39(27-33)42-41(47-40)26-24-38-37-23-19-29-10-5-7-15-36(29)43(37)46-44(38)42/h1-27H. The van der Waals surface area contributed by atoms with Gasteiger partial charge in [0.2, 0.25) is 0 Å². The van der Waals surface area contributed by atoms with Gasteiger partial charge < -0.3 is 9.32 Å². The van der Waals surface area contributed by atoms with Crippen LogP contribution >= 0.6 is 11.3 Å². The van der Waals surface area contributed by atoms with Crippen LogP contribution in [0.4, 0.5) is 17.1 Å². The van der Waals surface area contributed by atoms with E-state index in [4.69, 9.17) is 4.42 Å². The molecule has 0 atom stereocenters. The second-order valence-corrected chi connectivity index (χ2v) is 13.2. The highest BCUT2D eigenvalue weighted by Crippen LogP contribution is 2.45. The quantitative estimate of drug-likeness (QED) is 0.195. The Morgan fingerprint density at radius 2 is 1.04 bits per heavy atom. The molecule has 0 N–H and O–H groups in total. The van der Waals surface area contributed by atoms with Crippen LogP contribution in [-0.4, -0.2) is 0 Å². The van der Waals surface area contributed by atoms with E-state index in [-0.39, 0.29) is 0 Å². The maximum atomic E-state index is 6.79. The van der Waals surface area contributed by atoms with Gasteiger partial charge in [0, 0.05) is 53.4 Å². The van der Waals surface area contributed by atoms with Gasteiger partial charge in [0.15, 0.2) is 0 Å². The van der Waals surface area contributed by atoms with Crippen LogP contribution in [0.3, 0.4) is 0 Å². The topological polar surface area (TPSA) is 16.4 Å². The number of furan rings is 1. The molecule has 0 unspecified atom stereocenters. The van der Waals surface area contributed by atoms with E-state index in [9.17, 15) is 0 Å². The Hall–Kier alpha value is -5.90. The Kier molecular flexibility index (Phi) is 5.78. The van der Waals surface area contributed by atoms with Crippen LogP contribution in [-0.2, 0) is 0 Å². The van der Waals surface area contributed by atoms with E-state index >= 15 is 0 Å². The minimum atomic E-state index is 0.957. The summed E-state index contributed by atoms with van der Waals surface area (Å²) in [5.74, 6) is 0. The van der Waals surface area contributed by atoms with Gasteiger partial charge in [0.25, 0.3) is 0 Å². The lowest BCUT2D eigenvalue weighted by Gasteiger charge is -2.26. The van der Waals surface area contributed by atoms with Crippen molar-refractivity contribution in [1.29, 1.82) is 0 Å². The van der Waals surface area contributed by atoms with Crippen molar-refractivity contribution in [2.75, 3.05) is 4.90 Å².